The van der Waals surface area contributed by atoms with Gasteiger partial charge in [0.05, 0.1) is 17.2 Å². The number of carbonyl (C=O) groups excluding carboxylic acids is 2. The molecule has 1 amide bonds. The average Bonchev–Trinajstić information content (AvgIpc) is 3.39. The van der Waals surface area contributed by atoms with Crippen molar-refractivity contribution in [2.75, 3.05) is 18.1 Å². The van der Waals surface area contributed by atoms with Crippen molar-refractivity contribution in [1.82, 2.24) is 0 Å². The Morgan fingerprint density at radius 1 is 1.03 bits per heavy atom. The number of ether oxygens (including phenoxy) is 2. The molecule has 8 heteroatoms. The first-order chi connectivity index (χ1) is 16.0. The fraction of sp³-hybridized carbons (Fsp3) is 0.160. The fourth-order valence-corrected chi connectivity index (χ4v) is 4.01. The Bertz CT molecular complexity index is 1350. The van der Waals surface area contributed by atoms with Crippen LogP contribution in [0.5, 0.6) is 11.5 Å². The Labute approximate surface area is 188 Å². The van der Waals surface area contributed by atoms with E-state index in [0.29, 0.717) is 53.0 Å². The summed E-state index contributed by atoms with van der Waals surface area (Å²) in [6.45, 7) is 2.54. The van der Waals surface area contributed by atoms with E-state index in [-0.39, 0.29) is 11.3 Å². The molecule has 3 aromatic rings. The Kier molecular flexibility index (Phi) is 4.87. The number of furan rings is 1. The number of aryl methyl sites for hydroxylation is 1. The van der Waals surface area contributed by atoms with Crippen LogP contribution in [0.25, 0.3) is 5.76 Å². The molecule has 1 unspecified atom stereocenters. The van der Waals surface area contributed by atoms with E-state index in [1.807, 2.05) is 6.07 Å². The molecule has 0 radical (unpaired) electrons. The van der Waals surface area contributed by atoms with Gasteiger partial charge in [0.2, 0.25) is 0 Å². The van der Waals surface area contributed by atoms with E-state index in [1.165, 1.54) is 4.90 Å². The molecular formula is C25H18N2O6. The number of ketones is 1. The lowest BCUT2D eigenvalue weighted by atomic mass is 9.99. The van der Waals surface area contributed by atoms with Crippen LogP contribution < -0.4 is 14.4 Å². The number of amides is 1. The molecule has 0 spiro atoms. The highest BCUT2D eigenvalue weighted by atomic mass is 16.6. The Morgan fingerprint density at radius 3 is 2.42 bits per heavy atom. The van der Waals surface area contributed by atoms with Crippen LogP contribution >= 0.6 is 0 Å². The minimum Gasteiger partial charge on any atom is -0.507 e. The number of hydrogen-bond donors (Lipinski definition) is 1. The number of nitriles is 1. The van der Waals surface area contributed by atoms with Crippen molar-refractivity contribution >= 4 is 23.1 Å². The third-order valence-electron chi connectivity index (χ3n) is 5.57. The van der Waals surface area contributed by atoms with Gasteiger partial charge in [-0.25, -0.2) is 0 Å². The third kappa shape index (κ3) is 3.40. The van der Waals surface area contributed by atoms with Crippen molar-refractivity contribution in [3.8, 4) is 17.6 Å². The van der Waals surface area contributed by atoms with Gasteiger partial charge in [0, 0.05) is 11.3 Å². The lowest BCUT2D eigenvalue weighted by Gasteiger charge is -2.23. The number of aliphatic hydroxyl groups excluding tert-OH is 1. The van der Waals surface area contributed by atoms with Crippen molar-refractivity contribution in [2.24, 2.45) is 0 Å². The molecular weight excluding hydrogens is 424 g/mol. The minimum atomic E-state index is -0.986. The van der Waals surface area contributed by atoms with Crippen LogP contribution in [0.2, 0.25) is 0 Å². The predicted octanol–water partition coefficient (Wildman–Crippen LogP) is 3.86. The van der Waals surface area contributed by atoms with Crippen LogP contribution in [0.1, 0.15) is 28.7 Å². The summed E-state index contributed by atoms with van der Waals surface area (Å²) in [6, 6.07) is 15.5. The van der Waals surface area contributed by atoms with E-state index < -0.39 is 17.7 Å². The molecule has 0 saturated carbocycles. The van der Waals surface area contributed by atoms with Crippen LogP contribution in [0.3, 0.4) is 0 Å². The number of hydrogen-bond acceptors (Lipinski definition) is 7. The maximum absolute atomic E-state index is 13.1. The van der Waals surface area contributed by atoms with Gasteiger partial charge < -0.3 is 19.0 Å². The monoisotopic (exact) mass is 442 g/mol. The first-order valence-corrected chi connectivity index (χ1v) is 10.3. The minimum absolute atomic E-state index is 0.101. The number of rotatable bonds is 3. The van der Waals surface area contributed by atoms with Crippen LogP contribution in [0.15, 0.2) is 64.6 Å². The van der Waals surface area contributed by atoms with Gasteiger partial charge >= 0.3 is 0 Å². The van der Waals surface area contributed by atoms with Gasteiger partial charge in [0.25, 0.3) is 11.7 Å². The number of Topliss-reactive ketones (excluding diaryl/α,β-unsaturated/α-hetero) is 1. The van der Waals surface area contributed by atoms with Crippen molar-refractivity contribution in [2.45, 2.75) is 13.0 Å². The normalized spacial score (nSPS) is 18.9. The highest BCUT2D eigenvalue weighted by Crippen LogP contribution is 2.43. The summed E-state index contributed by atoms with van der Waals surface area (Å²) in [6.07, 6.45) is 0. The second-order valence-electron chi connectivity index (χ2n) is 7.63. The zero-order valence-electron chi connectivity index (χ0n) is 17.6. The molecule has 164 valence electrons. The van der Waals surface area contributed by atoms with Gasteiger partial charge in [-0.1, -0.05) is 0 Å². The maximum Gasteiger partial charge on any atom is 0.300 e. The number of benzene rings is 2. The smallest absolute Gasteiger partial charge is 0.300 e. The molecule has 2 aliphatic heterocycles. The Morgan fingerprint density at radius 2 is 1.76 bits per heavy atom. The number of aliphatic hydroxyl groups is 1. The van der Waals surface area contributed by atoms with Crippen molar-refractivity contribution < 1.29 is 28.6 Å². The molecule has 3 heterocycles. The molecule has 33 heavy (non-hydrogen) atoms. The molecule has 0 bridgehead atoms. The quantitative estimate of drug-likeness (QED) is 0.372. The van der Waals surface area contributed by atoms with Crippen molar-refractivity contribution in [3.63, 3.8) is 0 Å². The standard InChI is InChI=1S/C25H18N2O6/c1-14-2-8-19(33-14)22-21(23(28)16-5-9-18-20(12-16)32-11-10-31-18)24(29)25(30)27(22)17-6-3-15(13-26)4-7-17/h2-9,12,22,28H,10-11H2,1H3/b23-21-. The first-order valence-electron chi connectivity index (χ1n) is 10.3. The SMILES string of the molecule is Cc1ccc(C2/C(=C(/O)c3ccc4c(c3)OCCO4)C(=O)C(=O)N2c2ccc(C#N)cc2)o1. The second-order valence-corrected chi connectivity index (χ2v) is 7.63. The number of fused-ring (bicyclic) bond motifs is 1. The number of nitrogens with zero attached hydrogens (tertiary/aromatic N) is 2. The summed E-state index contributed by atoms with van der Waals surface area (Å²) in [5.41, 5.74) is 1.02. The van der Waals surface area contributed by atoms with E-state index in [1.54, 1.807) is 61.5 Å². The van der Waals surface area contributed by atoms with Gasteiger partial charge in [0.15, 0.2) is 11.5 Å². The van der Waals surface area contributed by atoms with Crippen LogP contribution in [-0.2, 0) is 9.59 Å². The Balaban J connectivity index is 1.67. The molecule has 5 rings (SSSR count). The van der Waals surface area contributed by atoms with E-state index in [2.05, 4.69) is 0 Å². The molecule has 1 fully saturated rings. The largest absolute Gasteiger partial charge is 0.507 e. The molecule has 1 saturated heterocycles. The van der Waals surface area contributed by atoms with E-state index >= 15 is 0 Å². The topological polar surface area (TPSA) is 113 Å². The fourth-order valence-electron chi connectivity index (χ4n) is 4.01. The molecule has 2 aromatic carbocycles. The summed E-state index contributed by atoms with van der Waals surface area (Å²) in [7, 11) is 0. The van der Waals surface area contributed by atoms with Crippen molar-refractivity contribution in [3.05, 3.63) is 82.8 Å². The van der Waals surface area contributed by atoms with Crippen molar-refractivity contribution in [1.29, 1.82) is 5.26 Å². The van der Waals surface area contributed by atoms with E-state index in [9.17, 15) is 14.7 Å². The molecule has 8 nitrogen and oxygen atoms in total. The van der Waals surface area contributed by atoms with Gasteiger partial charge in [-0.2, -0.15) is 5.26 Å². The lowest BCUT2D eigenvalue weighted by molar-refractivity contribution is -0.132. The van der Waals surface area contributed by atoms with E-state index in [0.717, 1.165) is 0 Å². The van der Waals surface area contributed by atoms with Gasteiger partial charge in [0.1, 0.15) is 36.5 Å². The predicted molar refractivity (Wildman–Crippen MR) is 117 cm³/mol. The summed E-state index contributed by atoms with van der Waals surface area (Å²) in [5, 5.41) is 20.3. The number of carbonyl (C=O) groups is 2. The van der Waals surface area contributed by atoms with E-state index in [4.69, 9.17) is 19.2 Å². The van der Waals surface area contributed by atoms with Gasteiger partial charge in [-0.15, -0.1) is 0 Å². The van der Waals surface area contributed by atoms with Crippen LogP contribution in [0, 0.1) is 18.3 Å². The highest BCUT2D eigenvalue weighted by Gasteiger charge is 2.48. The molecule has 1 aromatic heterocycles. The molecule has 1 atom stereocenters. The zero-order valence-corrected chi connectivity index (χ0v) is 17.6. The summed E-state index contributed by atoms with van der Waals surface area (Å²) in [4.78, 5) is 27.5. The van der Waals surface area contributed by atoms with Gasteiger partial charge in [-0.3, -0.25) is 14.5 Å². The summed E-state index contributed by atoms with van der Waals surface area (Å²) < 4.78 is 16.9. The Hall–Kier alpha value is -4.51. The highest BCUT2D eigenvalue weighted by molar-refractivity contribution is 6.51. The summed E-state index contributed by atoms with van der Waals surface area (Å²) in [5.74, 6) is -0.0971. The molecule has 0 aliphatic carbocycles. The maximum atomic E-state index is 13.1. The van der Waals surface area contributed by atoms with Crippen LogP contribution in [0.4, 0.5) is 5.69 Å². The number of anilines is 1. The third-order valence-corrected chi connectivity index (χ3v) is 5.57. The zero-order chi connectivity index (χ0) is 23.1. The van der Waals surface area contributed by atoms with Gasteiger partial charge in [-0.05, 0) is 61.5 Å². The molecule has 2 aliphatic rings. The first kappa shape index (κ1) is 20.4. The average molecular weight is 442 g/mol. The van der Waals surface area contributed by atoms with Crippen LogP contribution in [-0.4, -0.2) is 30.0 Å². The summed E-state index contributed by atoms with van der Waals surface area (Å²) >= 11 is 0. The molecule has 1 N–H and O–H groups in total. The lowest BCUT2D eigenvalue weighted by Crippen LogP contribution is -2.29. The second kappa shape index (κ2) is 7.88.